The van der Waals surface area contributed by atoms with Crippen LogP contribution in [0.4, 0.5) is 13.2 Å². The maximum atomic E-state index is 13.3. The first-order valence-electron chi connectivity index (χ1n) is 9.98. The molecule has 0 aliphatic carbocycles. The molecule has 3 rings (SSSR count). The number of aromatic nitrogens is 2. The first kappa shape index (κ1) is 23.4. The van der Waals surface area contributed by atoms with Crippen molar-refractivity contribution in [2.45, 2.75) is 36.5 Å². The van der Waals surface area contributed by atoms with Crippen LogP contribution in [0.2, 0.25) is 0 Å². The van der Waals surface area contributed by atoms with Crippen molar-refractivity contribution in [1.29, 1.82) is 0 Å². The Labute approximate surface area is 183 Å². The number of Topliss-reactive ketones (excluding diaryl/α,β-unsaturated/α-hetero) is 2. The number of likely N-dealkylation sites (tertiary alicyclic amines) is 1. The minimum atomic E-state index is -4.56. The molecule has 0 spiro atoms. The summed E-state index contributed by atoms with van der Waals surface area (Å²) in [4.78, 5) is 36.9. The number of benzene rings is 1. The first-order chi connectivity index (χ1) is 14.7. The second-order valence-electron chi connectivity index (χ2n) is 7.71. The molecule has 31 heavy (non-hydrogen) atoms. The van der Waals surface area contributed by atoms with Crippen LogP contribution in [0.3, 0.4) is 0 Å². The van der Waals surface area contributed by atoms with Gasteiger partial charge in [-0.2, -0.15) is 13.2 Å². The average Bonchev–Trinajstić information content (AvgIpc) is 2.77. The molecule has 2 aromatic rings. The molecule has 0 amide bonds. The van der Waals surface area contributed by atoms with Crippen LogP contribution in [0.25, 0.3) is 0 Å². The third-order valence-electron chi connectivity index (χ3n) is 5.56. The van der Waals surface area contributed by atoms with Gasteiger partial charge in [0.15, 0.2) is 10.9 Å². The van der Waals surface area contributed by atoms with Gasteiger partial charge in [-0.15, -0.1) is 0 Å². The SMILES string of the molecule is CSc1nccc(C(CC(=O)C2CCN(C)CC2)C(=O)c2cccc(C(F)(F)F)c2)n1. The molecule has 9 heteroatoms. The van der Waals surface area contributed by atoms with E-state index in [0.29, 0.717) is 23.7 Å². The predicted octanol–water partition coefficient (Wildman–Crippen LogP) is 4.48. The van der Waals surface area contributed by atoms with Crippen molar-refractivity contribution in [1.82, 2.24) is 14.9 Å². The molecule has 0 bridgehead atoms. The van der Waals surface area contributed by atoms with Crippen molar-refractivity contribution in [3.63, 3.8) is 0 Å². The van der Waals surface area contributed by atoms with Crippen LogP contribution in [0.15, 0.2) is 41.7 Å². The monoisotopic (exact) mass is 451 g/mol. The Morgan fingerprint density at radius 1 is 1.23 bits per heavy atom. The number of piperidine rings is 1. The van der Waals surface area contributed by atoms with Gasteiger partial charge in [0.25, 0.3) is 0 Å². The number of rotatable bonds is 7. The van der Waals surface area contributed by atoms with Gasteiger partial charge in [-0.25, -0.2) is 9.97 Å². The summed E-state index contributed by atoms with van der Waals surface area (Å²) in [6.45, 7) is 1.60. The van der Waals surface area contributed by atoms with Crippen LogP contribution in [-0.4, -0.2) is 52.8 Å². The molecule has 1 atom stereocenters. The van der Waals surface area contributed by atoms with Gasteiger partial charge in [-0.3, -0.25) is 9.59 Å². The molecule has 0 saturated carbocycles. The number of hydrogen-bond acceptors (Lipinski definition) is 6. The lowest BCUT2D eigenvalue weighted by atomic mass is 9.83. The van der Waals surface area contributed by atoms with E-state index in [4.69, 9.17) is 0 Å². The third kappa shape index (κ3) is 5.92. The zero-order chi connectivity index (χ0) is 22.6. The molecule has 1 aromatic heterocycles. The van der Waals surface area contributed by atoms with E-state index < -0.39 is 23.4 Å². The topological polar surface area (TPSA) is 63.2 Å². The van der Waals surface area contributed by atoms with Gasteiger partial charge in [0.2, 0.25) is 0 Å². The van der Waals surface area contributed by atoms with Crippen molar-refractivity contribution in [3.05, 3.63) is 53.3 Å². The van der Waals surface area contributed by atoms with Crippen molar-refractivity contribution in [2.75, 3.05) is 26.4 Å². The van der Waals surface area contributed by atoms with Crippen LogP contribution in [0.5, 0.6) is 0 Å². The maximum Gasteiger partial charge on any atom is 0.416 e. The van der Waals surface area contributed by atoms with Crippen LogP contribution < -0.4 is 0 Å². The summed E-state index contributed by atoms with van der Waals surface area (Å²) in [5, 5.41) is 0.436. The smallest absolute Gasteiger partial charge is 0.306 e. The summed E-state index contributed by atoms with van der Waals surface area (Å²) in [5.74, 6) is -1.71. The highest BCUT2D eigenvalue weighted by Crippen LogP contribution is 2.32. The zero-order valence-corrected chi connectivity index (χ0v) is 18.2. The lowest BCUT2D eigenvalue weighted by Gasteiger charge is -2.28. The predicted molar refractivity (Wildman–Crippen MR) is 112 cm³/mol. The van der Waals surface area contributed by atoms with E-state index in [0.717, 1.165) is 25.2 Å². The normalized spacial score (nSPS) is 16.8. The second kappa shape index (κ2) is 9.91. The Morgan fingerprint density at radius 2 is 1.94 bits per heavy atom. The van der Waals surface area contributed by atoms with Crippen molar-refractivity contribution < 1.29 is 22.8 Å². The molecule has 0 radical (unpaired) electrons. The lowest BCUT2D eigenvalue weighted by molar-refractivity contribution is -0.137. The van der Waals surface area contributed by atoms with Gasteiger partial charge in [-0.1, -0.05) is 23.9 Å². The fraction of sp³-hybridized carbons (Fsp3) is 0.455. The summed E-state index contributed by atoms with van der Waals surface area (Å²) in [7, 11) is 1.99. The zero-order valence-electron chi connectivity index (χ0n) is 17.4. The van der Waals surface area contributed by atoms with Gasteiger partial charge in [0.1, 0.15) is 5.78 Å². The molecule has 2 heterocycles. The minimum absolute atomic E-state index is 0.0530. The van der Waals surface area contributed by atoms with E-state index in [1.54, 1.807) is 12.3 Å². The molecule has 1 fully saturated rings. The molecule has 1 saturated heterocycles. The van der Waals surface area contributed by atoms with Crippen molar-refractivity contribution >= 4 is 23.3 Å². The molecule has 1 aromatic carbocycles. The van der Waals surface area contributed by atoms with Crippen LogP contribution in [-0.2, 0) is 11.0 Å². The second-order valence-corrected chi connectivity index (χ2v) is 8.48. The number of carbonyl (C=O) groups is 2. The van der Waals surface area contributed by atoms with E-state index in [1.807, 2.05) is 7.05 Å². The van der Waals surface area contributed by atoms with Gasteiger partial charge in [0, 0.05) is 24.1 Å². The van der Waals surface area contributed by atoms with Crippen LogP contribution >= 0.6 is 11.8 Å². The Morgan fingerprint density at radius 3 is 2.58 bits per heavy atom. The molecule has 166 valence electrons. The molecular weight excluding hydrogens is 427 g/mol. The third-order valence-corrected chi connectivity index (χ3v) is 6.13. The lowest BCUT2D eigenvalue weighted by Crippen LogP contribution is -2.34. The highest BCUT2D eigenvalue weighted by molar-refractivity contribution is 7.98. The Balaban J connectivity index is 1.92. The van der Waals surface area contributed by atoms with Gasteiger partial charge >= 0.3 is 6.18 Å². The molecule has 1 aliphatic heterocycles. The van der Waals surface area contributed by atoms with Crippen molar-refractivity contribution in [3.8, 4) is 0 Å². The van der Waals surface area contributed by atoms with Gasteiger partial charge in [-0.05, 0) is 57.4 Å². The number of nitrogens with zero attached hydrogens (tertiary/aromatic N) is 3. The average molecular weight is 452 g/mol. The highest BCUT2D eigenvalue weighted by atomic mass is 32.2. The fourth-order valence-corrected chi connectivity index (χ4v) is 4.09. The quantitative estimate of drug-likeness (QED) is 0.351. The van der Waals surface area contributed by atoms with Crippen LogP contribution in [0.1, 0.15) is 46.8 Å². The standard InChI is InChI=1S/C22H24F3N3O2S/c1-28-10-7-14(8-11-28)19(29)13-17(18-6-9-26-21(27-18)31-2)20(30)15-4-3-5-16(12-15)22(23,24)25/h3-6,9,12,14,17H,7-8,10-11,13H2,1-2H3. The molecular formula is C22H24F3N3O2S. The summed E-state index contributed by atoms with van der Waals surface area (Å²) < 4.78 is 39.4. The van der Waals surface area contributed by atoms with E-state index in [9.17, 15) is 22.8 Å². The fourth-order valence-electron chi connectivity index (χ4n) is 3.73. The first-order valence-corrected chi connectivity index (χ1v) is 11.2. The van der Waals surface area contributed by atoms with Crippen LogP contribution in [0, 0.1) is 5.92 Å². The largest absolute Gasteiger partial charge is 0.416 e. The summed E-state index contributed by atoms with van der Waals surface area (Å²) >= 11 is 1.29. The highest BCUT2D eigenvalue weighted by Gasteiger charge is 2.34. The molecule has 1 unspecified atom stereocenters. The molecule has 5 nitrogen and oxygen atoms in total. The summed E-state index contributed by atoms with van der Waals surface area (Å²) in [5.41, 5.74) is -0.630. The number of hydrogen-bond donors (Lipinski definition) is 0. The molecule has 1 aliphatic rings. The van der Waals surface area contributed by atoms with Crippen molar-refractivity contribution in [2.24, 2.45) is 5.92 Å². The Hall–Kier alpha value is -2.26. The number of alkyl halides is 3. The number of halogens is 3. The van der Waals surface area contributed by atoms with Gasteiger partial charge < -0.3 is 4.90 Å². The molecule has 0 N–H and O–H groups in total. The number of thioether (sulfide) groups is 1. The number of ketones is 2. The van der Waals surface area contributed by atoms with E-state index >= 15 is 0 Å². The van der Waals surface area contributed by atoms with E-state index in [2.05, 4.69) is 14.9 Å². The summed E-state index contributed by atoms with van der Waals surface area (Å²) in [6.07, 6.45) is 0.0529. The minimum Gasteiger partial charge on any atom is -0.306 e. The van der Waals surface area contributed by atoms with Gasteiger partial charge in [0.05, 0.1) is 17.2 Å². The van der Waals surface area contributed by atoms with E-state index in [-0.39, 0.29) is 23.7 Å². The Bertz CT molecular complexity index is 944. The summed E-state index contributed by atoms with van der Waals surface area (Å²) in [6, 6.07) is 5.87. The Kier molecular flexibility index (Phi) is 7.48. The van der Waals surface area contributed by atoms with E-state index in [1.165, 1.54) is 30.1 Å². The maximum absolute atomic E-state index is 13.3. The number of carbonyl (C=O) groups excluding carboxylic acids is 2.